The zero-order chi connectivity index (χ0) is 21.4. The van der Waals surface area contributed by atoms with Crippen molar-refractivity contribution in [3.63, 3.8) is 0 Å². The maximum atomic E-state index is 13.4. The Morgan fingerprint density at radius 3 is 2.24 bits per heavy atom. The Balaban J connectivity index is 2.03. The average molecular weight is 437 g/mol. The lowest BCUT2D eigenvalue weighted by molar-refractivity contribution is 0.0497. The summed E-state index contributed by atoms with van der Waals surface area (Å²) in [4.78, 5) is 12.7. The van der Waals surface area contributed by atoms with Gasteiger partial charge in [0.1, 0.15) is 10.9 Å². The minimum absolute atomic E-state index is 0.0593. The monoisotopic (exact) mass is 436 g/mol. The van der Waals surface area contributed by atoms with E-state index in [1.54, 1.807) is 75.4 Å². The standard InChI is InChI=1S/C21H25ClN2O4S/c1-20(2,3)28-19(25)24-21(13-23)17(14-9-11-15(22)12-10-14)18(21)29(26,27)16-7-5-4-6-8-16/h4-12,17-18H,13,23H2,1-3H3,(H,24,25)/t17-,18+,21+/m0/s1. The molecule has 0 unspecified atom stereocenters. The summed E-state index contributed by atoms with van der Waals surface area (Å²) < 4.78 is 32.2. The summed E-state index contributed by atoms with van der Waals surface area (Å²) in [5, 5.41) is 2.38. The summed E-state index contributed by atoms with van der Waals surface area (Å²) in [6.45, 7) is 5.16. The number of benzene rings is 2. The van der Waals surface area contributed by atoms with Crippen LogP contribution in [0.4, 0.5) is 4.79 Å². The minimum atomic E-state index is -3.77. The number of carbonyl (C=O) groups excluding carboxylic acids is 1. The molecule has 0 radical (unpaired) electrons. The van der Waals surface area contributed by atoms with Crippen LogP contribution in [0, 0.1) is 0 Å². The van der Waals surface area contributed by atoms with Crippen LogP contribution in [-0.4, -0.2) is 37.4 Å². The quantitative estimate of drug-likeness (QED) is 0.747. The predicted octanol–water partition coefficient (Wildman–Crippen LogP) is 3.50. The summed E-state index contributed by atoms with van der Waals surface area (Å²) in [7, 11) is -3.77. The molecule has 0 bridgehead atoms. The van der Waals surface area contributed by atoms with E-state index in [2.05, 4.69) is 5.32 Å². The number of nitrogens with one attached hydrogen (secondary N) is 1. The van der Waals surface area contributed by atoms with E-state index in [4.69, 9.17) is 22.1 Å². The molecule has 1 saturated carbocycles. The maximum Gasteiger partial charge on any atom is 0.408 e. The van der Waals surface area contributed by atoms with Crippen LogP contribution in [0.5, 0.6) is 0 Å². The SMILES string of the molecule is CC(C)(C)OC(=O)N[C@@]1(CN)[C@H](S(=O)(=O)c2ccccc2)[C@@H]1c1ccc(Cl)cc1. The molecule has 0 aromatic heterocycles. The van der Waals surface area contributed by atoms with Gasteiger partial charge in [-0.05, 0) is 50.6 Å². The van der Waals surface area contributed by atoms with Crippen molar-refractivity contribution in [2.45, 2.75) is 48.0 Å². The van der Waals surface area contributed by atoms with Crippen LogP contribution in [0.2, 0.25) is 5.02 Å². The largest absolute Gasteiger partial charge is 0.444 e. The van der Waals surface area contributed by atoms with E-state index in [1.165, 1.54) is 0 Å². The lowest BCUT2D eigenvalue weighted by atomic mass is 10.1. The number of amides is 1. The highest BCUT2D eigenvalue weighted by Crippen LogP contribution is 2.57. The van der Waals surface area contributed by atoms with Crippen molar-refractivity contribution in [2.75, 3.05) is 6.54 Å². The second-order valence-electron chi connectivity index (χ2n) is 8.18. The van der Waals surface area contributed by atoms with Crippen LogP contribution in [0.3, 0.4) is 0 Å². The average Bonchev–Trinajstić information content (AvgIpc) is 3.31. The van der Waals surface area contributed by atoms with E-state index in [0.29, 0.717) is 5.02 Å². The van der Waals surface area contributed by atoms with E-state index in [9.17, 15) is 13.2 Å². The number of alkyl carbamates (subject to hydrolysis) is 1. The first-order chi connectivity index (χ1) is 13.5. The van der Waals surface area contributed by atoms with Gasteiger partial charge >= 0.3 is 6.09 Å². The van der Waals surface area contributed by atoms with E-state index in [1.807, 2.05) is 0 Å². The molecule has 0 aliphatic heterocycles. The number of carbonyl (C=O) groups is 1. The molecule has 1 aliphatic carbocycles. The molecule has 0 saturated heterocycles. The van der Waals surface area contributed by atoms with Gasteiger partial charge in [0.15, 0.2) is 9.84 Å². The zero-order valence-corrected chi connectivity index (χ0v) is 18.1. The first kappa shape index (κ1) is 21.6. The lowest BCUT2D eigenvalue weighted by Gasteiger charge is -2.24. The van der Waals surface area contributed by atoms with Gasteiger partial charge in [-0.3, -0.25) is 0 Å². The normalized spacial score (nSPS) is 24.0. The molecule has 156 valence electrons. The molecule has 0 spiro atoms. The third-order valence-electron chi connectivity index (χ3n) is 4.96. The molecule has 29 heavy (non-hydrogen) atoms. The number of hydrogen-bond donors (Lipinski definition) is 2. The Morgan fingerprint density at radius 1 is 1.14 bits per heavy atom. The van der Waals surface area contributed by atoms with E-state index < -0.39 is 38.2 Å². The van der Waals surface area contributed by atoms with Crippen molar-refractivity contribution in [1.29, 1.82) is 0 Å². The highest BCUT2D eigenvalue weighted by molar-refractivity contribution is 7.92. The minimum Gasteiger partial charge on any atom is -0.444 e. The number of sulfone groups is 1. The van der Waals surface area contributed by atoms with E-state index >= 15 is 0 Å². The highest BCUT2D eigenvalue weighted by atomic mass is 35.5. The summed E-state index contributed by atoms with van der Waals surface area (Å²) in [6, 6.07) is 15.1. The summed E-state index contributed by atoms with van der Waals surface area (Å²) >= 11 is 5.99. The van der Waals surface area contributed by atoms with E-state index in [-0.39, 0.29) is 11.4 Å². The third kappa shape index (κ3) is 4.27. The number of ether oxygens (including phenoxy) is 1. The van der Waals surface area contributed by atoms with Gasteiger partial charge in [0.25, 0.3) is 0 Å². The molecule has 8 heteroatoms. The maximum absolute atomic E-state index is 13.4. The lowest BCUT2D eigenvalue weighted by Crippen LogP contribution is -2.49. The fourth-order valence-electron chi connectivity index (χ4n) is 3.70. The Bertz CT molecular complexity index is 988. The predicted molar refractivity (Wildman–Crippen MR) is 113 cm³/mol. The van der Waals surface area contributed by atoms with Gasteiger partial charge in [-0.25, -0.2) is 13.2 Å². The van der Waals surface area contributed by atoms with Crippen LogP contribution < -0.4 is 11.1 Å². The van der Waals surface area contributed by atoms with Gasteiger partial charge in [-0.1, -0.05) is 41.9 Å². The summed E-state index contributed by atoms with van der Waals surface area (Å²) in [5.74, 6) is -0.525. The van der Waals surface area contributed by atoms with Crippen molar-refractivity contribution < 1.29 is 17.9 Å². The first-order valence-electron chi connectivity index (χ1n) is 9.27. The van der Waals surface area contributed by atoms with Crippen molar-refractivity contribution in [2.24, 2.45) is 5.73 Å². The molecule has 1 amide bonds. The van der Waals surface area contributed by atoms with Crippen LogP contribution in [-0.2, 0) is 14.6 Å². The molecule has 3 rings (SSSR count). The molecule has 6 nitrogen and oxygen atoms in total. The molecule has 2 aromatic rings. The Hall–Kier alpha value is -2.09. The second-order valence-corrected chi connectivity index (χ2v) is 10.7. The highest BCUT2D eigenvalue weighted by Gasteiger charge is 2.71. The van der Waals surface area contributed by atoms with Gasteiger partial charge < -0.3 is 15.8 Å². The van der Waals surface area contributed by atoms with Crippen molar-refractivity contribution in [1.82, 2.24) is 5.32 Å². The van der Waals surface area contributed by atoms with E-state index in [0.717, 1.165) is 5.56 Å². The van der Waals surface area contributed by atoms with Gasteiger partial charge in [-0.2, -0.15) is 0 Å². The van der Waals surface area contributed by atoms with Gasteiger partial charge in [-0.15, -0.1) is 0 Å². The molecule has 1 fully saturated rings. The molecule has 0 heterocycles. The fraction of sp³-hybridized carbons (Fsp3) is 0.381. The molecule has 2 aromatic carbocycles. The van der Waals surface area contributed by atoms with Gasteiger partial charge in [0.05, 0.1) is 10.4 Å². The van der Waals surface area contributed by atoms with Crippen LogP contribution in [0.1, 0.15) is 32.3 Å². The Kier molecular flexibility index (Phi) is 5.69. The molecular weight excluding hydrogens is 412 g/mol. The van der Waals surface area contributed by atoms with Crippen LogP contribution in [0.25, 0.3) is 0 Å². The molecule has 3 N–H and O–H groups in total. The summed E-state index contributed by atoms with van der Waals surface area (Å²) in [6.07, 6.45) is -0.701. The smallest absolute Gasteiger partial charge is 0.408 e. The molecule has 3 atom stereocenters. The molecular formula is C21H25ClN2O4S. The van der Waals surface area contributed by atoms with Crippen LogP contribution >= 0.6 is 11.6 Å². The van der Waals surface area contributed by atoms with Crippen LogP contribution in [0.15, 0.2) is 59.5 Å². The Morgan fingerprint density at radius 2 is 1.72 bits per heavy atom. The van der Waals surface area contributed by atoms with Crippen molar-refractivity contribution in [3.8, 4) is 0 Å². The summed E-state index contributed by atoms with van der Waals surface area (Å²) in [5.41, 5.74) is 4.88. The first-order valence-corrected chi connectivity index (χ1v) is 11.2. The fourth-order valence-corrected chi connectivity index (χ4v) is 6.19. The van der Waals surface area contributed by atoms with Crippen molar-refractivity contribution in [3.05, 3.63) is 65.2 Å². The zero-order valence-electron chi connectivity index (χ0n) is 16.6. The molecule has 1 aliphatic rings. The number of hydrogen-bond acceptors (Lipinski definition) is 5. The Labute approximate surface area is 176 Å². The van der Waals surface area contributed by atoms with Crippen molar-refractivity contribution >= 4 is 27.5 Å². The van der Waals surface area contributed by atoms with Gasteiger partial charge in [0, 0.05) is 17.5 Å². The number of halogens is 1. The van der Waals surface area contributed by atoms with Gasteiger partial charge in [0.2, 0.25) is 0 Å². The third-order valence-corrected chi connectivity index (χ3v) is 7.51. The number of nitrogens with two attached hydrogens (primary N) is 1. The second kappa shape index (κ2) is 7.63. The number of rotatable bonds is 5. The topological polar surface area (TPSA) is 98.5 Å².